The first-order chi connectivity index (χ1) is 10.8. The van der Waals surface area contributed by atoms with E-state index in [9.17, 15) is 5.11 Å². The predicted molar refractivity (Wildman–Crippen MR) is 87.7 cm³/mol. The van der Waals surface area contributed by atoms with E-state index in [1.54, 1.807) is 0 Å². The minimum Gasteiger partial charge on any atom is -0.394 e. The van der Waals surface area contributed by atoms with Gasteiger partial charge >= 0.3 is 0 Å². The topological polar surface area (TPSA) is 58.9 Å². The van der Waals surface area contributed by atoms with Crippen molar-refractivity contribution in [2.45, 2.75) is 57.8 Å². The zero-order valence-electron chi connectivity index (χ0n) is 13.6. The third-order valence-corrected chi connectivity index (χ3v) is 3.59. The van der Waals surface area contributed by atoms with Gasteiger partial charge in [0.1, 0.15) is 12.2 Å². The van der Waals surface area contributed by atoms with Crippen LogP contribution in [0, 0.1) is 0 Å². The molecule has 0 aliphatic rings. The van der Waals surface area contributed by atoms with Gasteiger partial charge in [0.2, 0.25) is 0 Å². The van der Waals surface area contributed by atoms with Crippen molar-refractivity contribution in [1.29, 1.82) is 0 Å². The fourth-order valence-corrected chi connectivity index (χ4v) is 2.20. The van der Waals surface area contributed by atoms with E-state index in [0.29, 0.717) is 13.2 Å². The van der Waals surface area contributed by atoms with Gasteiger partial charge in [0.05, 0.1) is 19.8 Å². The normalized spacial score (nSPS) is 14.0. The molecule has 0 saturated carbocycles. The molecule has 1 rings (SSSR count). The lowest BCUT2D eigenvalue weighted by Gasteiger charge is -2.22. The minimum absolute atomic E-state index is 0.283. The summed E-state index contributed by atoms with van der Waals surface area (Å²) in [5.74, 6) is 0. The molecular formula is C18H30O4. The highest BCUT2D eigenvalue weighted by molar-refractivity contribution is 5.13. The lowest BCUT2D eigenvalue weighted by Crippen LogP contribution is -2.36. The lowest BCUT2D eigenvalue weighted by atomic mass is 10.1. The molecule has 0 aliphatic heterocycles. The summed E-state index contributed by atoms with van der Waals surface area (Å²) < 4.78 is 11.3. The van der Waals surface area contributed by atoms with Crippen LogP contribution in [0.2, 0.25) is 0 Å². The Morgan fingerprint density at radius 1 is 1.05 bits per heavy atom. The van der Waals surface area contributed by atoms with Crippen molar-refractivity contribution in [2.75, 3.05) is 19.8 Å². The lowest BCUT2D eigenvalue weighted by molar-refractivity contribution is -0.0963. The number of hydrogen-bond acceptors (Lipinski definition) is 4. The van der Waals surface area contributed by atoms with Crippen LogP contribution in [-0.4, -0.2) is 42.2 Å². The van der Waals surface area contributed by atoms with Crippen molar-refractivity contribution in [3.05, 3.63) is 35.9 Å². The third kappa shape index (κ3) is 8.49. The van der Waals surface area contributed by atoms with Gasteiger partial charge in [-0.2, -0.15) is 0 Å². The molecule has 0 radical (unpaired) electrons. The number of unbranched alkanes of at least 4 members (excludes halogenated alkanes) is 4. The summed E-state index contributed by atoms with van der Waals surface area (Å²) in [5.41, 5.74) is 1.08. The molecule has 126 valence electrons. The molecule has 2 N–H and O–H groups in total. The zero-order valence-corrected chi connectivity index (χ0v) is 13.6. The Labute approximate surface area is 134 Å². The van der Waals surface area contributed by atoms with Crippen molar-refractivity contribution in [3.8, 4) is 0 Å². The molecule has 0 spiro atoms. The molecule has 0 heterocycles. The molecule has 22 heavy (non-hydrogen) atoms. The van der Waals surface area contributed by atoms with E-state index in [0.717, 1.165) is 18.4 Å². The van der Waals surface area contributed by atoms with Gasteiger partial charge in [-0.25, -0.2) is 0 Å². The molecule has 0 amide bonds. The van der Waals surface area contributed by atoms with E-state index in [2.05, 4.69) is 6.92 Å². The molecular weight excluding hydrogens is 280 g/mol. The molecule has 0 saturated heterocycles. The van der Waals surface area contributed by atoms with Gasteiger partial charge in [-0.1, -0.05) is 62.9 Å². The monoisotopic (exact) mass is 310 g/mol. The standard InChI is InChI=1S/C18H30O4/c1-2-3-4-5-9-12-22-18(17(20)13-19)15-21-14-16-10-7-6-8-11-16/h6-8,10-11,17-20H,2-5,9,12-15H2,1H3/t17-,18+/m1/s1. The van der Waals surface area contributed by atoms with Gasteiger partial charge in [0.25, 0.3) is 0 Å². The Balaban J connectivity index is 2.22. The average molecular weight is 310 g/mol. The van der Waals surface area contributed by atoms with E-state index in [-0.39, 0.29) is 13.2 Å². The molecule has 4 nitrogen and oxygen atoms in total. The summed E-state index contributed by atoms with van der Waals surface area (Å²) in [6.45, 7) is 3.24. The number of benzene rings is 1. The van der Waals surface area contributed by atoms with Crippen LogP contribution >= 0.6 is 0 Å². The smallest absolute Gasteiger partial charge is 0.109 e. The SMILES string of the molecule is CCCCCCCO[C@@H](COCc1ccccc1)[C@H](O)CO. The molecule has 0 aliphatic carbocycles. The van der Waals surface area contributed by atoms with Crippen LogP contribution in [0.1, 0.15) is 44.6 Å². The molecule has 1 aromatic rings. The van der Waals surface area contributed by atoms with Crippen molar-refractivity contribution >= 4 is 0 Å². The van der Waals surface area contributed by atoms with E-state index in [4.69, 9.17) is 14.6 Å². The largest absolute Gasteiger partial charge is 0.394 e. The van der Waals surface area contributed by atoms with Gasteiger partial charge in [0, 0.05) is 6.61 Å². The molecule has 2 atom stereocenters. The van der Waals surface area contributed by atoms with Gasteiger partial charge in [0.15, 0.2) is 0 Å². The van der Waals surface area contributed by atoms with Crippen LogP contribution in [0.25, 0.3) is 0 Å². The van der Waals surface area contributed by atoms with Crippen molar-refractivity contribution in [1.82, 2.24) is 0 Å². The van der Waals surface area contributed by atoms with Crippen LogP contribution in [0.15, 0.2) is 30.3 Å². The van der Waals surface area contributed by atoms with Crippen LogP contribution in [0.3, 0.4) is 0 Å². The summed E-state index contributed by atoms with van der Waals surface area (Å²) in [6, 6.07) is 9.87. The predicted octanol–water partition coefficient (Wildman–Crippen LogP) is 2.91. The number of rotatable bonds is 13. The highest BCUT2D eigenvalue weighted by Crippen LogP contribution is 2.08. The van der Waals surface area contributed by atoms with Crippen molar-refractivity contribution in [3.63, 3.8) is 0 Å². The maximum Gasteiger partial charge on any atom is 0.109 e. The first kappa shape index (κ1) is 19.1. The fraction of sp³-hybridized carbons (Fsp3) is 0.667. The Morgan fingerprint density at radius 3 is 2.45 bits per heavy atom. The van der Waals surface area contributed by atoms with Crippen LogP contribution in [-0.2, 0) is 16.1 Å². The van der Waals surface area contributed by atoms with Gasteiger partial charge in [-0.05, 0) is 12.0 Å². The van der Waals surface area contributed by atoms with Crippen LogP contribution in [0.4, 0.5) is 0 Å². The molecule has 1 aromatic carbocycles. The minimum atomic E-state index is -0.897. The second-order valence-corrected chi connectivity index (χ2v) is 5.57. The van der Waals surface area contributed by atoms with Gasteiger partial charge in [-0.3, -0.25) is 0 Å². The summed E-state index contributed by atoms with van der Waals surface area (Å²) in [6.07, 6.45) is 4.44. The average Bonchev–Trinajstić information content (AvgIpc) is 2.56. The highest BCUT2D eigenvalue weighted by atomic mass is 16.5. The maximum absolute atomic E-state index is 9.80. The molecule has 0 fully saturated rings. The van der Waals surface area contributed by atoms with Crippen molar-refractivity contribution in [2.24, 2.45) is 0 Å². The van der Waals surface area contributed by atoms with Gasteiger partial charge < -0.3 is 19.7 Å². The fourth-order valence-electron chi connectivity index (χ4n) is 2.20. The molecule has 4 heteroatoms. The number of aliphatic hydroxyl groups is 2. The molecule has 0 unspecified atom stereocenters. The highest BCUT2D eigenvalue weighted by Gasteiger charge is 2.19. The first-order valence-corrected chi connectivity index (χ1v) is 8.30. The second kappa shape index (κ2) is 12.6. The third-order valence-electron chi connectivity index (χ3n) is 3.59. The van der Waals surface area contributed by atoms with E-state index < -0.39 is 12.2 Å². The second-order valence-electron chi connectivity index (χ2n) is 5.57. The summed E-state index contributed by atoms with van der Waals surface area (Å²) in [5, 5.41) is 18.9. The van der Waals surface area contributed by atoms with Crippen LogP contribution < -0.4 is 0 Å². The van der Waals surface area contributed by atoms with Gasteiger partial charge in [-0.15, -0.1) is 0 Å². The van der Waals surface area contributed by atoms with E-state index in [1.165, 1.54) is 19.3 Å². The number of hydrogen-bond donors (Lipinski definition) is 2. The Kier molecular flexibility index (Phi) is 10.9. The van der Waals surface area contributed by atoms with E-state index in [1.807, 2.05) is 30.3 Å². The van der Waals surface area contributed by atoms with Crippen LogP contribution in [0.5, 0.6) is 0 Å². The summed E-state index contributed by atoms with van der Waals surface area (Å²) in [4.78, 5) is 0. The van der Waals surface area contributed by atoms with E-state index >= 15 is 0 Å². The zero-order chi connectivity index (χ0) is 16.0. The summed E-state index contributed by atoms with van der Waals surface area (Å²) >= 11 is 0. The molecule has 0 aromatic heterocycles. The number of aliphatic hydroxyl groups excluding tert-OH is 2. The Hall–Kier alpha value is -0.940. The maximum atomic E-state index is 9.80. The Bertz CT molecular complexity index is 355. The number of ether oxygens (including phenoxy) is 2. The first-order valence-electron chi connectivity index (χ1n) is 8.30. The molecule has 0 bridgehead atoms. The summed E-state index contributed by atoms with van der Waals surface area (Å²) in [7, 11) is 0. The Morgan fingerprint density at radius 2 is 1.77 bits per heavy atom. The van der Waals surface area contributed by atoms with Crippen molar-refractivity contribution < 1.29 is 19.7 Å². The quantitative estimate of drug-likeness (QED) is 0.550.